The smallest absolute Gasteiger partial charge is 0.327 e. The first-order chi connectivity index (χ1) is 11.0. The van der Waals surface area contributed by atoms with E-state index in [-0.39, 0.29) is 18.1 Å². The molecule has 2 N–H and O–H groups in total. The van der Waals surface area contributed by atoms with Crippen LogP contribution < -0.4 is 5.69 Å². The van der Waals surface area contributed by atoms with Crippen LogP contribution >= 0.6 is 0 Å². The first kappa shape index (κ1) is 15.4. The van der Waals surface area contributed by atoms with Crippen LogP contribution in [-0.4, -0.2) is 25.7 Å². The van der Waals surface area contributed by atoms with Crippen molar-refractivity contribution in [2.45, 2.75) is 32.9 Å². The van der Waals surface area contributed by atoms with E-state index in [1.165, 1.54) is 10.6 Å². The lowest BCUT2D eigenvalue weighted by atomic mass is 10.0. The van der Waals surface area contributed by atoms with Crippen molar-refractivity contribution in [1.29, 1.82) is 0 Å². The quantitative estimate of drug-likeness (QED) is 0.777. The molecule has 3 aromatic rings. The largest absolute Gasteiger partial charge is 0.391 e. The number of aliphatic hydroxyl groups is 1. The highest BCUT2D eigenvalue weighted by Crippen LogP contribution is 2.23. The van der Waals surface area contributed by atoms with Crippen LogP contribution in [0.25, 0.3) is 22.3 Å². The van der Waals surface area contributed by atoms with Crippen molar-refractivity contribution in [2.75, 3.05) is 0 Å². The number of hydrogen-bond donors (Lipinski definition) is 2. The number of fused-ring (bicyclic) bond motifs is 1. The fraction of sp³-hybridized carbons (Fsp3) is 0.294. The molecule has 3 rings (SSSR count). The third-order valence-electron chi connectivity index (χ3n) is 3.98. The molecule has 1 aromatic carbocycles. The monoisotopic (exact) mass is 315 g/mol. The average Bonchev–Trinajstić information content (AvgIpc) is 2.85. The van der Waals surface area contributed by atoms with E-state index in [1.54, 1.807) is 25.3 Å². The van der Waals surface area contributed by atoms with Gasteiger partial charge in [-0.3, -0.25) is 9.55 Å². The predicted molar refractivity (Wildman–Crippen MR) is 86.8 cm³/mol. The summed E-state index contributed by atoms with van der Waals surface area (Å²) in [5, 5.41) is 9.83. The van der Waals surface area contributed by atoms with Crippen LogP contribution in [-0.2, 0) is 6.54 Å². The second-order valence-corrected chi connectivity index (χ2v) is 5.66. The number of rotatable bonds is 4. The maximum atomic E-state index is 13.4. The maximum absolute atomic E-state index is 13.4. The van der Waals surface area contributed by atoms with Gasteiger partial charge in [-0.2, -0.15) is 0 Å². The second-order valence-electron chi connectivity index (χ2n) is 5.66. The molecule has 1 atom stereocenters. The van der Waals surface area contributed by atoms with Crippen LogP contribution in [0.3, 0.4) is 0 Å². The first-order valence-corrected chi connectivity index (χ1v) is 7.52. The van der Waals surface area contributed by atoms with Gasteiger partial charge < -0.3 is 5.11 Å². The van der Waals surface area contributed by atoms with Crippen molar-refractivity contribution in [1.82, 2.24) is 14.5 Å². The van der Waals surface area contributed by atoms with Gasteiger partial charge in [0.25, 0.3) is 0 Å². The van der Waals surface area contributed by atoms with Crippen LogP contribution in [0.15, 0.2) is 35.3 Å². The summed E-state index contributed by atoms with van der Waals surface area (Å²) < 4.78 is 14.9. The minimum atomic E-state index is -0.594. The Morgan fingerprint density at radius 1 is 1.35 bits per heavy atom. The van der Waals surface area contributed by atoms with E-state index < -0.39 is 6.10 Å². The molecule has 0 aliphatic rings. The highest BCUT2D eigenvalue weighted by atomic mass is 19.1. The molecule has 0 spiro atoms. The number of aryl methyl sites for hydroxylation is 1. The minimum Gasteiger partial charge on any atom is -0.391 e. The molecule has 6 heteroatoms. The molecule has 120 valence electrons. The summed E-state index contributed by atoms with van der Waals surface area (Å²) in [6.45, 7) is 3.77. The van der Waals surface area contributed by atoms with Crippen LogP contribution in [0, 0.1) is 12.7 Å². The summed E-state index contributed by atoms with van der Waals surface area (Å²) in [5.41, 5.74) is 2.97. The molecule has 0 unspecified atom stereocenters. The van der Waals surface area contributed by atoms with E-state index in [1.807, 2.05) is 13.0 Å². The van der Waals surface area contributed by atoms with Gasteiger partial charge in [0.2, 0.25) is 0 Å². The van der Waals surface area contributed by atoms with E-state index in [4.69, 9.17) is 0 Å². The molecule has 0 saturated carbocycles. The van der Waals surface area contributed by atoms with Gasteiger partial charge in [0.1, 0.15) is 5.82 Å². The predicted octanol–water partition coefficient (Wildman–Crippen LogP) is 2.61. The number of imidazole rings is 1. The minimum absolute atomic E-state index is 0.211. The van der Waals surface area contributed by atoms with Crippen LogP contribution in [0.5, 0.6) is 0 Å². The number of nitrogens with zero attached hydrogens (tertiary/aromatic N) is 2. The zero-order valence-electron chi connectivity index (χ0n) is 13.0. The molecule has 0 bridgehead atoms. The molecule has 0 aliphatic carbocycles. The number of aromatic amines is 1. The van der Waals surface area contributed by atoms with Crippen molar-refractivity contribution >= 4 is 11.2 Å². The van der Waals surface area contributed by atoms with Gasteiger partial charge in [-0.15, -0.1) is 0 Å². The molecule has 0 aliphatic heterocycles. The van der Waals surface area contributed by atoms with Gasteiger partial charge in [-0.1, -0.05) is 13.0 Å². The molecule has 2 aromatic heterocycles. The van der Waals surface area contributed by atoms with Gasteiger partial charge in [-0.25, -0.2) is 14.2 Å². The Kier molecular flexibility index (Phi) is 4.00. The summed E-state index contributed by atoms with van der Waals surface area (Å²) in [6, 6.07) is 6.67. The Morgan fingerprint density at radius 3 is 2.83 bits per heavy atom. The summed E-state index contributed by atoms with van der Waals surface area (Å²) in [5.74, 6) is -0.257. The van der Waals surface area contributed by atoms with Crippen LogP contribution in [0.4, 0.5) is 4.39 Å². The lowest BCUT2D eigenvalue weighted by Crippen LogP contribution is -2.24. The second kappa shape index (κ2) is 5.96. The molecule has 0 fully saturated rings. The summed E-state index contributed by atoms with van der Waals surface area (Å²) in [6.07, 6.45) is 1.61. The number of aromatic nitrogens is 3. The molecular weight excluding hydrogens is 297 g/mol. The third kappa shape index (κ3) is 2.90. The van der Waals surface area contributed by atoms with Gasteiger partial charge in [-0.05, 0) is 42.7 Å². The zero-order chi connectivity index (χ0) is 16.6. The molecular formula is C17H18FN3O2. The number of H-pyrrole nitrogens is 1. The van der Waals surface area contributed by atoms with E-state index in [0.717, 1.165) is 11.1 Å². The molecule has 2 heterocycles. The van der Waals surface area contributed by atoms with Crippen molar-refractivity contribution < 1.29 is 9.50 Å². The standard InChI is InChI=1S/C17H18FN3O2/c1-3-13(22)9-21-15-7-12(8-19-16(15)20-17(21)23)11-4-5-14(18)10(2)6-11/h4-8,13,22H,3,9H2,1-2H3,(H,19,20,23)/t13-/m1/s1. The lowest BCUT2D eigenvalue weighted by Gasteiger charge is -2.09. The Balaban J connectivity index is 2.11. The van der Waals surface area contributed by atoms with Gasteiger partial charge in [0, 0.05) is 11.8 Å². The number of hydrogen-bond acceptors (Lipinski definition) is 3. The summed E-state index contributed by atoms with van der Waals surface area (Å²) in [4.78, 5) is 19.0. The summed E-state index contributed by atoms with van der Waals surface area (Å²) in [7, 11) is 0. The molecule has 23 heavy (non-hydrogen) atoms. The Bertz CT molecular complexity index is 914. The zero-order valence-corrected chi connectivity index (χ0v) is 13.0. The topological polar surface area (TPSA) is 70.9 Å². The molecule has 5 nitrogen and oxygen atoms in total. The fourth-order valence-corrected chi connectivity index (χ4v) is 2.54. The van der Waals surface area contributed by atoms with E-state index in [0.29, 0.717) is 23.1 Å². The van der Waals surface area contributed by atoms with E-state index in [2.05, 4.69) is 9.97 Å². The van der Waals surface area contributed by atoms with Gasteiger partial charge in [0.05, 0.1) is 18.2 Å². The van der Waals surface area contributed by atoms with Gasteiger partial charge in [0.15, 0.2) is 5.65 Å². The van der Waals surface area contributed by atoms with Gasteiger partial charge >= 0.3 is 5.69 Å². The molecule has 0 radical (unpaired) electrons. The highest BCUT2D eigenvalue weighted by molar-refractivity contribution is 5.78. The fourth-order valence-electron chi connectivity index (χ4n) is 2.54. The van der Waals surface area contributed by atoms with Crippen LogP contribution in [0.2, 0.25) is 0 Å². The lowest BCUT2D eigenvalue weighted by molar-refractivity contribution is 0.150. The van der Waals surface area contributed by atoms with Crippen molar-refractivity contribution in [3.8, 4) is 11.1 Å². The Morgan fingerprint density at radius 2 is 2.13 bits per heavy atom. The first-order valence-electron chi connectivity index (χ1n) is 7.52. The summed E-state index contributed by atoms with van der Waals surface area (Å²) >= 11 is 0. The molecule has 0 amide bonds. The van der Waals surface area contributed by atoms with E-state index in [9.17, 15) is 14.3 Å². The SMILES string of the molecule is CC[C@@H](O)Cn1c(=O)[nH]c2ncc(-c3ccc(F)c(C)c3)cc21. The number of nitrogens with one attached hydrogen (secondary N) is 1. The molecule has 0 saturated heterocycles. The van der Waals surface area contributed by atoms with Crippen LogP contribution in [0.1, 0.15) is 18.9 Å². The number of benzene rings is 1. The normalized spacial score (nSPS) is 12.7. The highest BCUT2D eigenvalue weighted by Gasteiger charge is 2.12. The Labute approximate surface area is 132 Å². The average molecular weight is 315 g/mol. The van der Waals surface area contributed by atoms with Crippen molar-refractivity contribution in [3.05, 3.63) is 52.3 Å². The maximum Gasteiger partial charge on any atom is 0.327 e. The number of halogens is 1. The van der Waals surface area contributed by atoms with Crippen molar-refractivity contribution in [3.63, 3.8) is 0 Å². The Hall–Kier alpha value is -2.47. The third-order valence-corrected chi connectivity index (χ3v) is 3.98. The number of pyridine rings is 1. The van der Waals surface area contributed by atoms with Crippen molar-refractivity contribution in [2.24, 2.45) is 0 Å². The number of aliphatic hydroxyl groups excluding tert-OH is 1. The van der Waals surface area contributed by atoms with E-state index >= 15 is 0 Å².